The second-order valence-electron chi connectivity index (χ2n) is 6.69. The molecular formula is C13H23B3N2O2. The first-order valence-electron chi connectivity index (χ1n) is 6.93. The van der Waals surface area contributed by atoms with Crippen LogP contribution >= 0.6 is 0 Å². The maximum atomic E-state index is 11.9. The van der Waals surface area contributed by atoms with E-state index in [1.807, 2.05) is 37.3 Å². The van der Waals surface area contributed by atoms with Crippen LogP contribution in [-0.2, 0) is 11.3 Å². The van der Waals surface area contributed by atoms with E-state index in [4.69, 9.17) is 10.5 Å². The van der Waals surface area contributed by atoms with E-state index in [-0.39, 0.29) is 11.7 Å². The maximum Gasteiger partial charge on any atom is 0.407 e. The zero-order chi connectivity index (χ0) is 15.2. The molecule has 0 aliphatic heterocycles. The fourth-order valence-corrected chi connectivity index (χ4v) is 2.34. The zero-order valence-corrected chi connectivity index (χ0v) is 12.9. The Balaban J connectivity index is 2.51. The van der Waals surface area contributed by atoms with E-state index in [0.717, 1.165) is 12.0 Å². The van der Waals surface area contributed by atoms with Gasteiger partial charge in [-0.3, -0.25) is 0 Å². The normalized spacial score (nSPS) is 14.3. The van der Waals surface area contributed by atoms with Gasteiger partial charge in [-0.2, -0.15) is 0 Å². The molecule has 0 saturated carbocycles. The lowest BCUT2D eigenvalue weighted by Gasteiger charge is -2.35. The largest absolute Gasteiger partial charge is 0.445 e. The lowest BCUT2D eigenvalue weighted by atomic mass is 9.39. The molecular weight excluding hydrogens is 249 g/mol. The summed E-state index contributed by atoms with van der Waals surface area (Å²) in [5.74, 6) is 0. The summed E-state index contributed by atoms with van der Waals surface area (Å²) in [5, 5.41) is 2.97. The summed E-state index contributed by atoms with van der Waals surface area (Å²) in [6.45, 7) is 2.59. The van der Waals surface area contributed by atoms with Crippen LogP contribution in [0.4, 0.5) is 4.79 Å². The lowest BCUT2D eigenvalue weighted by Crippen LogP contribution is -2.53. The van der Waals surface area contributed by atoms with Crippen molar-refractivity contribution in [1.29, 1.82) is 0 Å². The highest BCUT2D eigenvalue weighted by Crippen LogP contribution is 2.24. The third-order valence-corrected chi connectivity index (χ3v) is 2.99. The van der Waals surface area contributed by atoms with Gasteiger partial charge in [0, 0.05) is 6.54 Å². The Bertz CT molecular complexity index is 437. The number of hydrogen-bond acceptors (Lipinski definition) is 3. The number of carbonyl (C=O) groups excluding carboxylic acids is 1. The molecule has 1 aromatic rings. The molecule has 0 aliphatic rings. The van der Waals surface area contributed by atoms with E-state index in [2.05, 4.69) is 28.9 Å². The van der Waals surface area contributed by atoms with Gasteiger partial charge in [0.05, 0.1) is 29.1 Å². The minimum absolute atomic E-state index is 0.0842. The molecule has 0 radical (unpaired) electrons. The van der Waals surface area contributed by atoms with Crippen molar-refractivity contribution in [2.75, 3.05) is 6.54 Å². The Morgan fingerprint density at radius 2 is 1.90 bits per heavy atom. The SMILES string of the molecule is BC(B)(B)CC(C)(CN)NC(=O)OCc1ccccc1. The second kappa shape index (κ2) is 6.89. The van der Waals surface area contributed by atoms with Gasteiger partial charge in [0.25, 0.3) is 0 Å². The smallest absolute Gasteiger partial charge is 0.407 e. The molecule has 0 aliphatic carbocycles. The number of ether oxygens (including phenoxy) is 1. The molecule has 1 unspecified atom stereocenters. The van der Waals surface area contributed by atoms with E-state index >= 15 is 0 Å². The van der Waals surface area contributed by atoms with Crippen LogP contribution in [0.5, 0.6) is 0 Å². The monoisotopic (exact) mass is 272 g/mol. The van der Waals surface area contributed by atoms with E-state index in [1.54, 1.807) is 0 Å². The van der Waals surface area contributed by atoms with Gasteiger partial charge in [-0.1, -0.05) is 30.3 Å². The first kappa shape index (κ1) is 16.7. The molecule has 1 atom stereocenters. The molecule has 106 valence electrons. The molecule has 3 N–H and O–H groups in total. The van der Waals surface area contributed by atoms with Gasteiger partial charge in [-0.25, -0.2) is 4.79 Å². The topological polar surface area (TPSA) is 64.3 Å². The highest BCUT2D eigenvalue weighted by atomic mass is 16.5. The molecule has 0 aromatic heterocycles. The van der Waals surface area contributed by atoms with Crippen LogP contribution in [0, 0.1) is 0 Å². The Morgan fingerprint density at radius 1 is 1.30 bits per heavy atom. The van der Waals surface area contributed by atoms with Gasteiger partial charge in [-0.05, 0) is 18.9 Å². The van der Waals surface area contributed by atoms with Crippen molar-refractivity contribution in [3.8, 4) is 0 Å². The summed E-state index contributed by atoms with van der Waals surface area (Å²) < 4.78 is 5.23. The van der Waals surface area contributed by atoms with Crippen LogP contribution in [0.3, 0.4) is 0 Å². The standard InChI is InChI=1S/C13H23B3N2O2/c1-12(9-17,8-13(14,15)16)18-11(19)20-7-10-5-3-2-4-6-10/h2-6H,7-9,14-17H2,1H3,(H,18,19). The number of alkyl carbamates (subject to hydrolysis) is 1. The van der Waals surface area contributed by atoms with E-state index in [9.17, 15) is 4.79 Å². The van der Waals surface area contributed by atoms with Gasteiger partial charge in [-0.15, -0.1) is 5.11 Å². The number of hydrogen-bond donors (Lipinski definition) is 2. The van der Waals surface area contributed by atoms with Crippen molar-refractivity contribution in [2.24, 2.45) is 5.73 Å². The van der Waals surface area contributed by atoms with Crippen LogP contribution in [-0.4, -0.2) is 41.7 Å². The van der Waals surface area contributed by atoms with Gasteiger partial charge in [0.1, 0.15) is 6.61 Å². The molecule has 0 fully saturated rings. The average molecular weight is 272 g/mol. The molecule has 0 spiro atoms. The summed E-state index contributed by atoms with van der Waals surface area (Å²) in [6.07, 6.45) is 0.364. The van der Waals surface area contributed by atoms with E-state index < -0.39 is 11.6 Å². The predicted molar refractivity (Wildman–Crippen MR) is 90.2 cm³/mol. The molecule has 1 aromatic carbocycles. The minimum atomic E-state index is -0.452. The summed E-state index contributed by atoms with van der Waals surface area (Å²) in [4.78, 5) is 11.9. The van der Waals surface area contributed by atoms with Crippen molar-refractivity contribution >= 4 is 29.6 Å². The van der Waals surface area contributed by atoms with Gasteiger partial charge >= 0.3 is 6.09 Å². The summed E-state index contributed by atoms with van der Waals surface area (Å²) in [6, 6.07) is 9.61. The molecule has 0 heterocycles. The first-order chi connectivity index (χ1) is 9.24. The zero-order valence-electron chi connectivity index (χ0n) is 12.9. The molecule has 1 rings (SSSR count). The van der Waals surface area contributed by atoms with Crippen molar-refractivity contribution < 1.29 is 9.53 Å². The summed E-state index contributed by atoms with van der Waals surface area (Å²) in [5.41, 5.74) is 6.31. The molecule has 20 heavy (non-hydrogen) atoms. The summed E-state index contributed by atoms with van der Waals surface area (Å²) >= 11 is 0. The van der Waals surface area contributed by atoms with Gasteiger partial charge in [0.2, 0.25) is 0 Å². The van der Waals surface area contributed by atoms with Crippen LogP contribution in [0.25, 0.3) is 0 Å². The minimum Gasteiger partial charge on any atom is -0.445 e. The van der Waals surface area contributed by atoms with Crippen molar-refractivity contribution in [2.45, 2.75) is 30.6 Å². The number of nitrogens with one attached hydrogen (secondary N) is 1. The van der Waals surface area contributed by atoms with Gasteiger partial charge in [0.15, 0.2) is 0 Å². The third kappa shape index (κ3) is 6.19. The lowest BCUT2D eigenvalue weighted by molar-refractivity contribution is 0.127. The number of nitrogens with two attached hydrogens (primary N) is 1. The Kier molecular flexibility index (Phi) is 5.75. The molecule has 0 saturated heterocycles. The first-order valence-corrected chi connectivity index (χ1v) is 6.93. The molecule has 0 bridgehead atoms. The Morgan fingerprint density at radius 3 is 2.40 bits per heavy atom. The maximum absolute atomic E-state index is 11.9. The predicted octanol–water partition coefficient (Wildman–Crippen LogP) is -1.01. The van der Waals surface area contributed by atoms with E-state index in [0.29, 0.717) is 6.54 Å². The summed E-state index contributed by atoms with van der Waals surface area (Å²) in [7, 11) is 6.37. The molecule has 1 amide bonds. The van der Waals surface area contributed by atoms with Crippen LogP contribution in [0.1, 0.15) is 18.9 Å². The number of carbonyl (C=O) groups is 1. The second-order valence-corrected chi connectivity index (χ2v) is 6.69. The number of benzene rings is 1. The van der Waals surface area contributed by atoms with Crippen LogP contribution in [0.15, 0.2) is 30.3 Å². The highest BCUT2D eigenvalue weighted by Gasteiger charge is 2.30. The van der Waals surface area contributed by atoms with Gasteiger partial charge < -0.3 is 15.8 Å². The fraction of sp³-hybridized carbons (Fsp3) is 0.462. The Labute approximate surface area is 124 Å². The van der Waals surface area contributed by atoms with Crippen LogP contribution in [0.2, 0.25) is 5.11 Å². The third-order valence-electron chi connectivity index (χ3n) is 2.99. The molecule has 7 heteroatoms. The van der Waals surface area contributed by atoms with E-state index in [1.165, 1.54) is 0 Å². The number of rotatable bonds is 6. The fourth-order valence-electron chi connectivity index (χ4n) is 2.34. The quantitative estimate of drug-likeness (QED) is 0.652. The van der Waals surface area contributed by atoms with Crippen molar-refractivity contribution in [3.05, 3.63) is 35.9 Å². The highest BCUT2D eigenvalue weighted by molar-refractivity contribution is 6.58. The molecule has 4 nitrogen and oxygen atoms in total. The van der Waals surface area contributed by atoms with Crippen LogP contribution < -0.4 is 11.1 Å². The average Bonchev–Trinajstić information content (AvgIpc) is 2.35. The van der Waals surface area contributed by atoms with Crippen molar-refractivity contribution in [1.82, 2.24) is 5.32 Å². The Hall–Kier alpha value is -1.36. The van der Waals surface area contributed by atoms with Crippen molar-refractivity contribution in [3.63, 3.8) is 0 Å². The number of amides is 1.